The summed E-state index contributed by atoms with van der Waals surface area (Å²) < 4.78 is 10.4. The summed E-state index contributed by atoms with van der Waals surface area (Å²) in [6, 6.07) is 0. The molecule has 0 saturated heterocycles. The van der Waals surface area contributed by atoms with Crippen LogP contribution < -0.4 is 0 Å². The molecule has 0 spiro atoms. The Morgan fingerprint density at radius 3 is 2.43 bits per heavy atom. The van der Waals surface area contributed by atoms with Gasteiger partial charge in [0.25, 0.3) is 0 Å². The first-order valence-electron chi connectivity index (χ1n) is 5.48. The van der Waals surface area contributed by atoms with E-state index in [1.54, 1.807) is 0 Å². The summed E-state index contributed by atoms with van der Waals surface area (Å²) in [6.45, 7) is 6.35. The second-order valence-corrected chi connectivity index (χ2v) is 3.31. The van der Waals surface area contributed by atoms with Crippen molar-refractivity contribution in [3.05, 3.63) is 0 Å². The zero-order chi connectivity index (χ0) is 10.6. The van der Waals surface area contributed by atoms with E-state index in [0.717, 1.165) is 25.9 Å². The van der Waals surface area contributed by atoms with Crippen LogP contribution in [0.15, 0.2) is 0 Å². The third-order valence-electron chi connectivity index (χ3n) is 1.78. The molecule has 0 atom stereocenters. The molecule has 0 amide bonds. The highest BCUT2D eigenvalue weighted by Crippen LogP contribution is 1.92. The maximum Gasteiger partial charge on any atom is 0.160 e. The van der Waals surface area contributed by atoms with Crippen LogP contribution in [-0.2, 0) is 14.3 Å². The minimum atomic E-state index is 0.134. The Labute approximate surface area is 86.8 Å². The molecule has 0 unspecified atom stereocenters. The molecule has 0 heterocycles. The molecule has 3 nitrogen and oxygen atoms in total. The normalized spacial score (nSPS) is 10.4. The number of ether oxygens (including phenoxy) is 2. The summed E-state index contributed by atoms with van der Waals surface area (Å²) in [4.78, 5) is 11.1. The molecule has 0 N–H and O–H groups in total. The number of unbranched alkanes of at least 4 members (excludes halogenated alkanes) is 1. The highest BCUT2D eigenvalue weighted by atomic mass is 16.5. The third kappa shape index (κ3) is 9.68. The van der Waals surface area contributed by atoms with Crippen LogP contribution in [0.4, 0.5) is 0 Å². The Morgan fingerprint density at radius 2 is 1.79 bits per heavy atom. The molecule has 0 aliphatic rings. The van der Waals surface area contributed by atoms with Gasteiger partial charge in [-0.25, -0.2) is 0 Å². The standard InChI is InChI=1S/C11H22O3/c1-3-5-8-13-9-6-11(12)10-14-7-4-2/h3-10H2,1-2H3. The Morgan fingerprint density at radius 1 is 1.00 bits per heavy atom. The van der Waals surface area contributed by atoms with Crippen LogP contribution in [0.2, 0.25) is 0 Å². The smallest absolute Gasteiger partial charge is 0.160 e. The van der Waals surface area contributed by atoms with Crippen molar-refractivity contribution in [1.29, 1.82) is 0 Å². The number of ketones is 1. The maximum absolute atomic E-state index is 11.1. The summed E-state index contributed by atoms with van der Waals surface area (Å²) in [5.74, 6) is 0.134. The van der Waals surface area contributed by atoms with Gasteiger partial charge in [-0.3, -0.25) is 4.79 Å². The first kappa shape index (κ1) is 13.6. The SMILES string of the molecule is CCCCOCCC(=O)COCCC. The van der Waals surface area contributed by atoms with Gasteiger partial charge >= 0.3 is 0 Å². The molecule has 0 aliphatic heterocycles. The van der Waals surface area contributed by atoms with E-state index in [1.165, 1.54) is 0 Å². The summed E-state index contributed by atoms with van der Waals surface area (Å²) in [7, 11) is 0. The Balaban J connectivity index is 3.10. The molecule has 3 heteroatoms. The van der Waals surface area contributed by atoms with Crippen molar-refractivity contribution >= 4 is 5.78 Å². The van der Waals surface area contributed by atoms with E-state index in [4.69, 9.17) is 9.47 Å². The molecule has 0 saturated carbocycles. The van der Waals surface area contributed by atoms with Crippen molar-refractivity contribution in [3.63, 3.8) is 0 Å². The van der Waals surface area contributed by atoms with Gasteiger partial charge in [-0.05, 0) is 12.8 Å². The van der Waals surface area contributed by atoms with E-state index in [1.807, 2.05) is 6.92 Å². The van der Waals surface area contributed by atoms with Gasteiger partial charge in [-0.2, -0.15) is 0 Å². The first-order chi connectivity index (χ1) is 6.81. The number of hydrogen-bond acceptors (Lipinski definition) is 3. The molecular formula is C11H22O3. The first-order valence-corrected chi connectivity index (χ1v) is 5.48. The van der Waals surface area contributed by atoms with Crippen LogP contribution in [-0.4, -0.2) is 32.2 Å². The molecular weight excluding hydrogens is 180 g/mol. The van der Waals surface area contributed by atoms with Gasteiger partial charge in [-0.1, -0.05) is 20.3 Å². The molecule has 0 bridgehead atoms. The zero-order valence-electron chi connectivity index (χ0n) is 9.38. The van der Waals surface area contributed by atoms with Crippen LogP contribution in [0.3, 0.4) is 0 Å². The van der Waals surface area contributed by atoms with Crippen molar-refractivity contribution in [3.8, 4) is 0 Å². The Bertz CT molecular complexity index is 134. The van der Waals surface area contributed by atoms with Crippen molar-refractivity contribution in [1.82, 2.24) is 0 Å². The van der Waals surface area contributed by atoms with Crippen LogP contribution in [0.5, 0.6) is 0 Å². The number of carbonyl (C=O) groups is 1. The fourth-order valence-corrected chi connectivity index (χ4v) is 0.937. The third-order valence-corrected chi connectivity index (χ3v) is 1.78. The number of hydrogen-bond donors (Lipinski definition) is 0. The average Bonchev–Trinajstić information content (AvgIpc) is 2.18. The topological polar surface area (TPSA) is 35.5 Å². The minimum Gasteiger partial charge on any atom is -0.381 e. The Kier molecular flexibility index (Phi) is 10.4. The molecule has 0 aliphatic carbocycles. The molecule has 14 heavy (non-hydrogen) atoms. The highest BCUT2D eigenvalue weighted by Gasteiger charge is 2.01. The lowest BCUT2D eigenvalue weighted by Gasteiger charge is -2.03. The summed E-state index contributed by atoms with van der Waals surface area (Å²) >= 11 is 0. The van der Waals surface area contributed by atoms with Gasteiger partial charge in [0.05, 0.1) is 6.61 Å². The zero-order valence-corrected chi connectivity index (χ0v) is 9.38. The molecule has 0 aromatic rings. The van der Waals surface area contributed by atoms with E-state index in [0.29, 0.717) is 19.6 Å². The molecule has 0 aromatic carbocycles. The van der Waals surface area contributed by atoms with Crippen LogP contribution >= 0.6 is 0 Å². The minimum absolute atomic E-state index is 0.134. The maximum atomic E-state index is 11.1. The van der Waals surface area contributed by atoms with Gasteiger partial charge in [0.2, 0.25) is 0 Å². The number of rotatable bonds is 10. The van der Waals surface area contributed by atoms with Gasteiger partial charge in [-0.15, -0.1) is 0 Å². The fourth-order valence-electron chi connectivity index (χ4n) is 0.937. The van der Waals surface area contributed by atoms with Gasteiger partial charge < -0.3 is 9.47 Å². The molecule has 84 valence electrons. The second-order valence-electron chi connectivity index (χ2n) is 3.31. The lowest BCUT2D eigenvalue weighted by atomic mass is 10.3. The van der Waals surface area contributed by atoms with Crippen LogP contribution in [0.1, 0.15) is 39.5 Å². The van der Waals surface area contributed by atoms with E-state index >= 15 is 0 Å². The lowest BCUT2D eigenvalue weighted by Crippen LogP contribution is -2.12. The van der Waals surface area contributed by atoms with Crippen LogP contribution in [0, 0.1) is 0 Å². The van der Waals surface area contributed by atoms with Crippen molar-refractivity contribution in [2.24, 2.45) is 0 Å². The predicted octanol–water partition coefficient (Wildman–Crippen LogP) is 2.19. The largest absolute Gasteiger partial charge is 0.381 e. The van der Waals surface area contributed by atoms with E-state index in [-0.39, 0.29) is 12.4 Å². The Hall–Kier alpha value is -0.410. The second kappa shape index (κ2) is 10.7. The molecule has 0 radical (unpaired) electrons. The molecule has 0 rings (SSSR count). The fraction of sp³-hybridized carbons (Fsp3) is 0.909. The van der Waals surface area contributed by atoms with Gasteiger partial charge in [0.15, 0.2) is 5.78 Å². The van der Waals surface area contributed by atoms with Crippen LogP contribution in [0.25, 0.3) is 0 Å². The average molecular weight is 202 g/mol. The van der Waals surface area contributed by atoms with Crippen molar-refractivity contribution < 1.29 is 14.3 Å². The van der Waals surface area contributed by atoms with Gasteiger partial charge in [0.1, 0.15) is 6.61 Å². The summed E-state index contributed by atoms with van der Waals surface area (Å²) in [6.07, 6.45) is 3.64. The molecule has 0 fully saturated rings. The van der Waals surface area contributed by atoms with E-state index in [2.05, 4.69) is 6.92 Å². The summed E-state index contributed by atoms with van der Waals surface area (Å²) in [5.41, 5.74) is 0. The number of Topliss-reactive ketones (excluding diaryl/α,β-unsaturated/α-hetero) is 1. The molecule has 0 aromatic heterocycles. The monoisotopic (exact) mass is 202 g/mol. The predicted molar refractivity (Wildman–Crippen MR) is 56.5 cm³/mol. The van der Waals surface area contributed by atoms with E-state index < -0.39 is 0 Å². The van der Waals surface area contributed by atoms with Crippen molar-refractivity contribution in [2.75, 3.05) is 26.4 Å². The lowest BCUT2D eigenvalue weighted by molar-refractivity contribution is -0.124. The summed E-state index contributed by atoms with van der Waals surface area (Å²) in [5, 5.41) is 0. The number of carbonyl (C=O) groups excluding carboxylic acids is 1. The van der Waals surface area contributed by atoms with Gasteiger partial charge in [0, 0.05) is 19.6 Å². The van der Waals surface area contributed by atoms with Crippen molar-refractivity contribution in [2.45, 2.75) is 39.5 Å². The van der Waals surface area contributed by atoms with E-state index in [9.17, 15) is 4.79 Å². The highest BCUT2D eigenvalue weighted by molar-refractivity contribution is 5.79. The quantitative estimate of drug-likeness (QED) is 0.509.